The largest absolute Gasteiger partial charge is 0.379 e. The molecule has 1 N–H and O–H groups in total. The Labute approximate surface area is 158 Å². The normalized spacial score (nSPS) is 15.2. The smallest absolute Gasteiger partial charge is 0.246 e. The minimum Gasteiger partial charge on any atom is -0.379 e. The van der Waals surface area contributed by atoms with Gasteiger partial charge in [0.1, 0.15) is 0 Å². The molecular weight excluding hydrogens is 334 g/mol. The topological polar surface area (TPSA) is 66.0 Å². The van der Waals surface area contributed by atoms with Gasteiger partial charge >= 0.3 is 0 Å². The molecule has 6 heteroatoms. The molecular formula is C20H37NO5. The third-order valence-corrected chi connectivity index (χ3v) is 4.08. The first-order valence-corrected chi connectivity index (χ1v) is 10.1. The highest BCUT2D eigenvalue weighted by molar-refractivity contribution is 5.93. The Morgan fingerprint density at radius 1 is 0.846 bits per heavy atom. The summed E-state index contributed by atoms with van der Waals surface area (Å²) in [5.41, 5.74) is 0.938. The standard InChI is InChI=1S/C20H37NO5/c1-2-11-23-13-15-25-17-18-26-16-14-24-12-10-21-20(22)19-8-6-4-3-5-7-9-19/h8H,2-7,9-18H2,1H3,(H,21,22). The Hall–Kier alpha value is -0.950. The average Bonchev–Trinajstić information content (AvgIpc) is 2.61. The number of nitrogens with one attached hydrogen (secondary N) is 1. The van der Waals surface area contributed by atoms with E-state index in [0.717, 1.165) is 37.9 Å². The molecule has 152 valence electrons. The van der Waals surface area contributed by atoms with Crippen molar-refractivity contribution < 1.29 is 23.7 Å². The van der Waals surface area contributed by atoms with Crippen molar-refractivity contribution in [1.82, 2.24) is 5.32 Å². The van der Waals surface area contributed by atoms with Gasteiger partial charge in [0.25, 0.3) is 0 Å². The maximum Gasteiger partial charge on any atom is 0.246 e. The monoisotopic (exact) mass is 371 g/mol. The SMILES string of the molecule is CCCOCCOCCOCCOCCNC(=O)C1=CCCCCCC1. The van der Waals surface area contributed by atoms with Gasteiger partial charge in [-0.3, -0.25) is 4.79 Å². The number of hydrogen-bond donors (Lipinski definition) is 1. The van der Waals surface area contributed by atoms with Gasteiger partial charge in [0.05, 0.1) is 46.2 Å². The number of allylic oxidation sites excluding steroid dienone is 1. The Balaban J connectivity index is 1.85. The molecule has 1 aliphatic carbocycles. The fourth-order valence-corrected chi connectivity index (χ4v) is 2.65. The molecule has 0 heterocycles. The molecule has 0 unspecified atom stereocenters. The fourth-order valence-electron chi connectivity index (χ4n) is 2.65. The average molecular weight is 372 g/mol. The summed E-state index contributed by atoms with van der Waals surface area (Å²) in [4.78, 5) is 12.1. The first-order chi connectivity index (χ1) is 12.8. The van der Waals surface area contributed by atoms with Gasteiger partial charge < -0.3 is 24.3 Å². The molecule has 0 bridgehead atoms. The molecule has 0 fully saturated rings. The van der Waals surface area contributed by atoms with Crippen molar-refractivity contribution in [3.8, 4) is 0 Å². The number of carbonyl (C=O) groups is 1. The van der Waals surface area contributed by atoms with E-state index in [1.807, 2.05) is 0 Å². The molecule has 6 nitrogen and oxygen atoms in total. The maximum absolute atomic E-state index is 12.1. The third kappa shape index (κ3) is 13.3. The lowest BCUT2D eigenvalue weighted by Gasteiger charge is -2.12. The summed E-state index contributed by atoms with van der Waals surface area (Å²) in [6, 6.07) is 0. The number of rotatable bonds is 15. The highest BCUT2D eigenvalue weighted by Gasteiger charge is 2.09. The van der Waals surface area contributed by atoms with Crippen LogP contribution < -0.4 is 5.32 Å². The predicted molar refractivity (Wildman–Crippen MR) is 102 cm³/mol. The first kappa shape index (κ1) is 23.1. The van der Waals surface area contributed by atoms with E-state index < -0.39 is 0 Å². The van der Waals surface area contributed by atoms with Crippen LogP contribution in [0.15, 0.2) is 11.6 Å². The Morgan fingerprint density at radius 3 is 2.08 bits per heavy atom. The minimum atomic E-state index is 0.0619. The molecule has 0 spiro atoms. The first-order valence-electron chi connectivity index (χ1n) is 10.1. The maximum atomic E-state index is 12.1. The van der Waals surface area contributed by atoms with Crippen molar-refractivity contribution in [3.63, 3.8) is 0 Å². The zero-order chi connectivity index (χ0) is 18.7. The van der Waals surface area contributed by atoms with Crippen molar-refractivity contribution in [3.05, 3.63) is 11.6 Å². The molecule has 0 atom stereocenters. The summed E-state index contributed by atoms with van der Waals surface area (Å²) in [7, 11) is 0. The second-order valence-electron chi connectivity index (χ2n) is 6.39. The summed E-state index contributed by atoms with van der Waals surface area (Å²) in [5, 5.41) is 2.94. The molecule has 0 aliphatic heterocycles. The second kappa shape index (κ2) is 17.5. The van der Waals surface area contributed by atoms with E-state index in [-0.39, 0.29) is 5.91 Å². The van der Waals surface area contributed by atoms with Crippen LogP contribution in [0, 0.1) is 0 Å². The van der Waals surface area contributed by atoms with Crippen LogP contribution in [0.2, 0.25) is 0 Å². The van der Waals surface area contributed by atoms with E-state index in [1.54, 1.807) is 0 Å². The number of ether oxygens (including phenoxy) is 4. The van der Waals surface area contributed by atoms with Crippen LogP contribution >= 0.6 is 0 Å². The third-order valence-electron chi connectivity index (χ3n) is 4.08. The van der Waals surface area contributed by atoms with Crippen molar-refractivity contribution in [2.24, 2.45) is 0 Å². The van der Waals surface area contributed by atoms with Crippen LogP contribution in [0.3, 0.4) is 0 Å². The van der Waals surface area contributed by atoms with E-state index in [9.17, 15) is 4.79 Å². The molecule has 0 aromatic heterocycles. The van der Waals surface area contributed by atoms with Crippen LogP contribution in [-0.2, 0) is 23.7 Å². The van der Waals surface area contributed by atoms with Crippen molar-refractivity contribution in [2.75, 3.05) is 59.4 Å². The number of hydrogen-bond acceptors (Lipinski definition) is 5. The van der Waals surface area contributed by atoms with Gasteiger partial charge in [-0.05, 0) is 32.1 Å². The van der Waals surface area contributed by atoms with Crippen LogP contribution in [0.5, 0.6) is 0 Å². The minimum absolute atomic E-state index is 0.0619. The van der Waals surface area contributed by atoms with E-state index in [0.29, 0.717) is 52.8 Å². The Morgan fingerprint density at radius 2 is 1.42 bits per heavy atom. The van der Waals surface area contributed by atoms with Crippen molar-refractivity contribution in [1.29, 1.82) is 0 Å². The summed E-state index contributed by atoms with van der Waals surface area (Å²) in [5.74, 6) is 0.0619. The quantitative estimate of drug-likeness (QED) is 0.449. The molecule has 0 aromatic carbocycles. The lowest BCUT2D eigenvalue weighted by Crippen LogP contribution is -2.29. The van der Waals surface area contributed by atoms with Gasteiger partial charge in [0, 0.05) is 18.7 Å². The zero-order valence-electron chi connectivity index (χ0n) is 16.4. The molecule has 0 saturated carbocycles. The van der Waals surface area contributed by atoms with Gasteiger partial charge in [-0.15, -0.1) is 0 Å². The Bertz CT molecular complexity index is 373. The predicted octanol–water partition coefficient (Wildman–Crippen LogP) is 2.86. The fraction of sp³-hybridized carbons (Fsp3) is 0.850. The van der Waals surface area contributed by atoms with Crippen molar-refractivity contribution in [2.45, 2.75) is 51.9 Å². The summed E-state index contributed by atoms with van der Waals surface area (Å²) >= 11 is 0. The molecule has 1 aliphatic rings. The van der Waals surface area contributed by atoms with Crippen molar-refractivity contribution >= 4 is 5.91 Å². The van der Waals surface area contributed by atoms with Gasteiger partial charge in [0.2, 0.25) is 5.91 Å². The van der Waals surface area contributed by atoms with Crippen LogP contribution in [-0.4, -0.2) is 65.3 Å². The van der Waals surface area contributed by atoms with Gasteiger partial charge in [-0.25, -0.2) is 0 Å². The van der Waals surface area contributed by atoms with Crippen LogP contribution in [0.1, 0.15) is 51.9 Å². The molecule has 26 heavy (non-hydrogen) atoms. The van der Waals surface area contributed by atoms with E-state index in [2.05, 4.69) is 18.3 Å². The zero-order valence-corrected chi connectivity index (χ0v) is 16.4. The highest BCUT2D eigenvalue weighted by atomic mass is 16.6. The Kier molecular flexibility index (Phi) is 15.5. The summed E-state index contributed by atoms with van der Waals surface area (Å²) in [6.45, 7) is 7.35. The second-order valence-corrected chi connectivity index (χ2v) is 6.39. The summed E-state index contributed by atoms with van der Waals surface area (Å²) in [6.07, 6.45) is 9.86. The highest BCUT2D eigenvalue weighted by Crippen LogP contribution is 2.16. The van der Waals surface area contributed by atoms with Crippen LogP contribution in [0.25, 0.3) is 0 Å². The number of carbonyl (C=O) groups excluding carboxylic acids is 1. The van der Waals surface area contributed by atoms with E-state index in [4.69, 9.17) is 18.9 Å². The lowest BCUT2D eigenvalue weighted by atomic mass is 9.99. The summed E-state index contributed by atoms with van der Waals surface area (Å²) < 4.78 is 21.6. The molecule has 0 saturated heterocycles. The van der Waals surface area contributed by atoms with E-state index >= 15 is 0 Å². The van der Waals surface area contributed by atoms with Crippen LogP contribution in [0.4, 0.5) is 0 Å². The molecule has 1 amide bonds. The van der Waals surface area contributed by atoms with E-state index in [1.165, 1.54) is 19.3 Å². The molecule has 0 radical (unpaired) electrons. The van der Waals surface area contributed by atoms with Gasteiger partial charge in [-0.2, -0.15) is 0 Å². The lowest BCUT2D eigenvalue weighted by molar-refractivity contribution is -0.117. The van der Waals surface area contributed by atoms with Gasteiger partial charge in [-0.1, -0.05) is 25.8 Å². The number of amides is 1. The van der Waals surface area contributed by atoms with Gasteiger partial charge in [0.15, 0.2) is 0 Å². The molecule has 1 rings (SSSR count). The molecule has 0 aromatic rings.